The van der Waals surface area contributed by atoms with Crippen molar-refractivity contribution in [3.63, 3.8) is 0 Å². The van der Waals surface area contributed by atoms with Gasteiger partial charge < -0.3 is 14.9 Å². The highest BCUT2D eigenvalue weighted by molar-refractivity contribution is 14.1. The number of fused-ring (bicyclic) bond motifs is 1. The molecule has 1 atom stereocenters. The third kappa shape index (κ3) is 5.95. The average Bonchev–Trinajstić information content (AvgIpc) is 3.53. The number of anilines is 2. The topological polar surface area (TPSA) is 138 Å². The molecule has 1 amide bonds. The van der Waals surface area contributed by atoms with Crippen LogP contribution in [0.1, 0.15) is 49.8 Å². The lowest BCUT2D eigenvalue weighted by molar-refractivity contribution is 0.0858. The number of hydrogen-bond donors (Lipinski definition) is 3. The van der Waals surface area contributed by atoms with Crippen molar-refractivity contribution in [3.05, 3.63) is 54.6 Å². The average molecular weight is 678 g/mol. The lowest BCUT2D eigenvalue weighted by Gasteiger charge is -2.26. The third-order valence-electron chi connectivity index (χ3n) is 7.18. The standard InChI is InChI=1S/C26H33FIN3O7S/c1-15(2)14-38-25(35)31-9-8-30-23(31)22(29-39(36,37)26(6-7-26)12-19(33)13-32)20(16(3)24(30)34)10-17-4-5-18(28)11-21(17)27/h4-5,11,15,19,29,32-33H,6-10,12-14H2,1-3H3. The van der Waals surface area contributed by atoms with E-state index in [1.165, 1.54) is 15.5 Å². The molecule has 0 saturated heterocycles. The number of benzene rings is 1. The molecule has 2 aromatic rings. The van der Waals surface area contributed by atoms with E-state index in [9.17, 15) is 32.6 Å². The normalized spacial score (nSPS) is 16.8. The van der Waals surface area contributed by atoms with Crippen LogP contribution in [0.25, 0.3) is 0 Å². The first-order valence-corrected chi connectivity index (χ1v) is 15.3. The van der Waals surface area contributed by atoms with Gasteiger partial charge in [-0.3, -0.25) is 19.0 Å². The number of hydrogen-bond acceptors (Lipinski definition) is 7. The summed E-state index contributed by atoms with van der Waals surface area (Å²) in [4.78, 5) is 27.7. The van der Waals surface area contributed by atoms with Gasteiger partial charge >= 0.3 is 6.09 Å². The quantitative estimate of drug-likeness (QED) is 0.329. The van der Waals surface area contributed by atoms with Gasteiger partial charge in [0.2, 0.25) is 10.0 Å². The summed E-state index contributed by atoms with van der Waals surface area (Å²) < 4.78 is 51.1. The summed E-state index contributed by atoms with van der Waals surface area (Å²) in [5.74, 6) is -0.405. The Bertz CT molecular complexity index is 1440. The molecule has 10 nitrogen and oxygen atoms in total. The van der Waals surface area contributed by atoms with E-state index in [-0.39, 0.29) is 79.5 Å². The van der Waals surface area contributed by atoms with Crippen LogP contribution in [-0.2, 0) is 27.7 Å². The van der Waals surface area contributed by atoms with Gasteiger partial charge in [-0.1, -0.05) is 19.9 Å². The fourth-order valence-electron chi connectivity index (χ4n) is 4.82. The number of halogens is 2. The van der Waals surface area contributed by atoms with Gasteiger partial charge in [-0.2, -0.15) is 0 Å². The Morgan fingerprint density at radius 1 is 1.28 bits per heavy atom. The molecular weight excluding hydrogens is 644 g/mol. The highest BCUT2D eigenvalue weighted by Gasteiger charge is 2.56. The van der Waals surface area contributed by atoms with Gasteiger partial charge in [0, 0.05) is 28.6 Å². The number of nitrogens with zero attached hydrogens (tertiary/aromatic N) is 2. The van der Waals surface area contributed by atoms with Crippen LogP contribution in [0.5, 0.6) is 0 Å². The summed E-state index contributed by atoms with van der Waals surface area (Å²) in [7, 11) is -4.17. The highest BCUT2D eigenvalue weighted by atomic mass is 127. The molecule has 3 N–H and O–H groups in total. The van der Waals surface area contributed by atoms with Crippen LogP contribution in [0.2, 0.25) is 0 Å². The van der Waals surface area contributed by atoms with E-state index in [0.29, 0.717) is 3.57 Å². The van der Waals surface area contributed by atoms with Crippen molar-refractivity contribution in [1.82, 2.24) is 4.57 Å². The van der Waals surface area contributed by atoms with Crippen LogP contribution >= 0.6 is 22.6 Å². The minimum absolute atomic E-state index is 0.00816. The van der Waals surface area contributed by atoms with E-state index in [1.807, 2.05) is 36.4 Å². The molecule has 0 radical (unpaired) electrons. The Balaban J connectivity index is 1.87. The summed E-state index contributed by atoms with van der Waals surface area (Å²) in [6, 6.07) is 4.64. The SMILES string of the molecule is Cc1c(Cc2ccc(I)cc2F)c(NS(=O)(=O)C2(CC(O)CO)CC2)c2n(c1=O)CCN2C(=O)OCC(C)C. The fourth-order valence-corrected chi connectivity index (χ4v) is 7.02. The first-order valence-electron chi connectivity index (χ1n) is 12.8. The molecule has 1 unspecified atom stereocenters. The number of rotatable bonds is 10. The number of aliphatic hydroxyl groups is 2. The zero-order valence-electron chi connectivity index (χ0n) is 22.0. The number of sulfonamides is 1. The third-order valence-corrected chi connectivity index (χ3v) is 10.0. The van der Waals surface area contributed by atoms with Gasteiger partial charge in [0.15, 0.2) is 0 Å². The van der Waals surface area contributed by atoms with Crippen LogP contribution in [-0.4, -0.2) is 59.9 Å². The fraction of sp³-hybridized carbons (Fsp3) is 0.538. The van der Waals surface area contributed by atoms with Crippen LogP contribution < -0.4 is 15.2 Å². The van der Waals surface area contributed by atoms with Crippen molar-refractivity contribution in [2.24, 2.45) is 5.92 Å². The van der Waals surface area contributed by atoms with Gasteiger partial charge in [-0.15, -0.1) is 0 Å². The van der Waals surface area contributed by atoms with Gasteiger partial charge in [-0.05, 0) is 78.0 Å². The van der Waals surface area contributed by atoms with Gasteiger partial charge in [0.25, 0.3) is 5.56 Å². The van der Waals surface area contributed by atoms with Crippen LogP contribution in [0.4, 0.5) is 20.7 Å². The highest BCUT2D eigenvalue weighted by Crippen LogP contribution is 2.49. The maximum Gasteiger partial charge on any atom is 0.415 e. The second kappa shape index (κ2) is 11.3. The molecule has 1 aromatic carbocycles. The summed E-state index contributed by atoms with van der Waals surface area (Å²) >= 11 is 1.98. The predicted octanol–water partition coefficient (Wildman–Crippen LogP) is 3.12. The molecule has 1 aromatic heterocycles. The van der Waals surface area contributed by atoms with Gasteiger partial charge in [0.05, 0.1) is 29.8 Å². The number of carbonyl (C=O) groups is 1. The number of pyridine rings is 1. The number of aromatic nitrogens is 1. The van der Waals surface area contributed by atoms with Crippen molar-refractivity contribution >= 4 is 50.2 Å². The summed E-state index contributed by atoms with van der Waals surface area (Å²) in [5, 5.41) is 19.3. The van der Waals surface area contributed by atoms with Crippen molar-refractivity contribution < 1.29 is 32.6 Å². The molecule has 1 fully saturated rings. The maximum atomic E-state index is 14.9. The number of amides is 1. The zero-order valence-corrected chi connectivity index (χ0v) is 25.0. The van der Waals surface area contributed by atoms with Crippen molar-refractivity contribution in [2.45, 2.75) is 63.9 Å². The first-order chi connectivity index (χ1) is 18.3. The Kier molecular flexibility index (Phi) is 8.64. The predicted molar refractivity (Wildman–Crippen MR) is 153 cm³/mol. The molecular formula is C26H33FIN3O7S. The monoisotopic (exact) mass is 677 g/mol. The smallest absolute Gasteiger partial charge is 0.415 e. The molecule has 2 heterocycles. The molecule has 1 saturated carbocycles. The van der Waals surface area contributed by atoms with Crippen molar-refractivity contribution in [2.75, 3.05) is 29.4 Å². The number of nitrogens with one attached hydrogen (secondary N) is 1. The van der Waals surface area contributed by atoms with Crippen LogP contribution in [0.15, 0.2) is 23.0 Å². The van der Waals surface area contributed by atoms with E-state index in [0.717, 1.165) is 0 Å². The van der Waals surface area contributed by atoms with Crippen LogP contribution in [0, 0.1) is 22.2 Å². The van der Waals surface area contributed by atoms with Crippen molar-refractivity contribution in [3.8, 4) is 0 Å². The zero-order chi connectivity index (χ0) is 28.7. The Morgan fingerprint density at radius 3 is 2.56 bits per heavy atom. The minimum Gasteiger partial charge on any atom is -0.449 e. The molecule has 214 valence electrons. The van der Waals surface area contributed by atoms with E-state index in [1.54, 1.807) is 19.1 Å². The van der Waals surface area contributed by atoms with E-state index in [4.69, 9.17) is 4.74 Å². The molecule has 1 aliphatic heterocycles. The number of carbonyl (C=O) groups excluding carboxylic acids is 1. The first kappa shape index (κ1) is 29.7. The molecule has 13 heteroatoms. The number of ether oxygens (including phenoxy) is 1. The summed E-state index contributed by atoms with van der Waals surface area (Å²) in [5.41, 5.74) is 0.329. The molecule has 1 aliphatic carbocycles. The Labute approximate surface area is 240 Å². The van der Waals surface area contributed by atoms with E-state index >= 15 is 0 Å². The molecule has 39 heavy (non-hydrogen) atoms. The Morgan fingerprint density at radius 2 is 1.97 bits per heavy atom. The second-order valence-corrected chi connectivity index (χ2v) is 13.9. The second-order valence-electron chi connectivity index (χ2n) is 10.6. The lowest BCUT2D eigenvalue weighted by atomic mass is 9.99. The molecule has 0 bridgehead atoms. The summed E-state index contributed by atoms with van der Waals surface area (Å²) in [6.07, 6.45) is -1.67. The molecule has 2 aliphatic rings. The minimum atomic E-state index is -4.17. The Hall–Kier alpha value is -2.23. The van der Waals surface area contributed by atoms with Gasteiger partial charge in [0.1, 0.15) is 11.6 Å². The van der Waals surface area contributed by atoms with Crippen LogP contribution in [0.3, 0.4) is 0 Å². The maximum absolute atomic E-state index is 14.9. The largest absolute Gasteiger partial charge is 0.449 e. The molecule has 0 spiro atoms. The number of aliphatic hydroxyl groups excluding tert-OH is 2. The summed E-state index contributed by atoms with van der Waals surface area (Å²) in [6.45, 7) is 5.08. The van der Waals surface area contributed by atoms with Crippen molar-refractivity contribution in [1.29, 1.82) is 0 Å². The van der Waals surface area contributed by atoms with E-state index in [2.05, 4.69) is 4.72 Å². The van der Waals surface area contributed by atoms with Gasteiger partial charge in [-0.25, -0.2) is 17.6 Å². The lowest BCUT2D eigenvalue weighted by Crippen LogP contribution is -2.37. The van der Waals surface area contributed by atoms with E-state index < -0.39 is 45.0 Å². The molecule has 4 rings (SSSR count).